The number of imidazole rings is 1. The smallest absolute Gasteiger partial charge is 0.260 e. The number of halogens is 2. The Labute approximate surface area is 264 Å². The molecule has 43 heavy (non-hydrogen) atoms. The van der Waals surface area contributed by atoms with Crippen LogP contribution < -0.4 is 4.90 Å². The normalized spacial score (nSPS) is 20.1. The van der Waals surface area contributed by atoms with Crippen molar-refractivity contribution in [2.75, 3.05) is 31.1 Å². The summed E-state index contributed by atoms with van der Waals surface area (Å²) in [6, 6.07) is 15.6. The van der Waals surface area contributed by atoms with Gasteiger partial charge in [-0.15, -0.1) is 11.3 Å². The zero-order valence-corrected chi connectivity index (χ0v) is 27.1. The number of aryl methyl sites for hydroxylation is 1. The molecule has 0 N–H and O–H groups in total. The van der Waals surface area contributed by atoms with Crippen molar-refractivity contribution in [2.24, 2.45) is 0 Å². The van der Waals surface area contributed by atoms with E-state index in [1.165, 1.54) is 30.3 Å². The van der Waals surface area contributed by atoms with Gasteiger partial charge >= 0.3 is 0 Å². The molecule has 2 aliphatic rings. The third-order valence-corrected chi connectivity index (χ3v) is 13.3. The summed E-state index contributed by atoms with van der Waals surface area (Å²) in [7, 11) is -7.92. The van der Waals surface area contributed by atoms with Crippen LogP contribution in [0.2, 0.25) is 10.0 Å². The number of benzene rings is 2. The number of sulfonamides is 2. The van der Waals surface area contributed by atoms with Crippen LogP contribution in [-0.4, -0.2) is 67.1 Å². The standard InChI is InChI=1S/C28H27Cl2N5O5S3/c1-19-5-7-20(8-6-19)17-28(2)26(36)34(23-15-21(29)14-22(30)16-23)27-31-18-24(35(27)28)42(37,38)32-9-11-33(12-10-32)43(39,40)25-4-3-13-41-25/h3-8,13-16,18H,9-12,17H2,1-2H3/t28-/m1/s1. The predicted octanol–water partition coefficient (Wildman–Crippen LogP) is 4.89. The maximum absolute atomic E-state index is 14.3. The number of aromatic nitrogens is 2. The molecule has 0 saturated carbocycles. The van der Waals surface area contributed by atoms with Crippen LogP contribution in [0.5, 0.6) is 0 Å². The fourth-order valence-electron chi connectivity index (χ4n) is 5.54. The molecular weight excluding hydrogens is 653 g/mol. The number of hydrogen-bond acceptors (Lipinski definition) is 7. The lowest BCUT2D eigenvalue weighted by Gasteiger charge is -2.33. The zero-order chi connectivity index (χ0) is 30.7. The van der Waals surface area contributed by atoms with Gasteiger partial charge in [0.2, 0.25) is 5.95 Å². The maximum Gasteiger partial charge on any atom is 0.260 e. The summed E-state index contributed by atoms with van der Waals surface area (Å²) in [5, 5.41) is 2.15. The predicted molar refractivity (Wildman–Crippen MR) is 166 cm³/mol. The quantitative estimate of drug-likeness (QED) is 0.275. The lowest BCUT2D eigenvalue weighted by molar-refractivity contribution is -0.124. The highest BCUT2D eigenvalue weighted by Gasteiger charge is 2.52. The molecule has 226 valence electrons. The van der Waals surface area contributed by atoms with Crippen LogP contribution in [-0.2, 0) is 36.8 Å². The van der Waals surface area contributed by atoms with E-state index in [2.05, 4.69) is 4.98 Å². The third-order valence-electron chi connectivity index (χ3n) is 7.73. The van der Waals surface area contributed by atoms with E-state index in [-0.39, 0.29) is 47.8 Å². The summed E-state index contributed by atoms with van der Waals surface area (Å²) in [4.78, 5) is 20.0. The number of hydrogen-bond donors (Lipinski definition) is 0. The van der Waals surface area contributed by atoms with E-state index in [1.807, 2.05) is 31.2 Å². The molecular formula is C28H27Cl2N5O5S3. The van der Waals surface area contributed by atoms with Crippen molar-refractivity contribution in [3.63, 3.8) is 0 Å². The first kappa shape index (κ1) is 30.3. The second-order valence-corrected chi connectivity index (χ2v) is 16.5. The Morgan fingerprint density at radius 2 is 1.51 bits per heavy atom. The fourth-order valence-corrected chi connectivity index (χ4v) is 10.2. The second kappa shape index (κ2) is 11.0. The van der Waals surface area contributed by atoms with Gasteiger partial charge in [0.25, 0.3) is 26.0 Å². The van der Waals surface area contributed by atoms with Crippen molar-refractivity contribution in [1.82, 2.24) is 18.2 Å². The Morgan fingerprint density at radius 1 is 0.907 bits per heavy atom. The highest BCUT2D eigenvalue weighted by molar-refractivity contribution is 7.91. The van der Waals surface area contributed by atoms with Crippen LogP contribution in [0.3, 0.4) is 0 Å². The van der Waals surface area contributed by atoms with Crippen LogP contribution >= 0.6 is 34.5 Å². The van der Waals surface area contributed by atoms with Crippen LogP contribution in [0.15, 0.2) is 75.4 Å². The van der Waals surface area contributed by atoms with E-state index in [4.69, 9.17) is 23.2 Å². The molecule has 2 aliphatic heterocycles. The van der Waals surface area contributed by atoms with E-state index in [0.29, 0.717) is 15.7 Å². The molecule has 0 bridgehead atoms. The van der Waals surface area contributed by atoms with Gasteiger partial charge in [-0.3, -0.25) is 9.36 Å². The monoisotopic (exact) mass is 679 g/mol. The summed E-state index contributed by atoms with van der Waals surface area (Å²) < 4.78 is 58.6. The molecule has 0 radical (unpaired) electrons. The van der Waals surface area contributed by atoms with Gasteiger partial charge in [0.1, 0.15) is 9.75 Å². The van der Waals surface area contributed by atoms with Gasteiger partial charge in [-0.05, 0) is 49.1 Å². The number of anilines is 2. The van der Waals surface area contributed by atoms with Crippen molar-refractivity contribution in [1.29, 1.82) is 0 Å². The van der Waals surface area contributed by atoms with Crippen LogP contribution in [0, 0.1) is 6.92 Å². The molecule has 10 nitrogen and oxygen atoms in total. The molecule has 4 aromatic rings. The molecule has 2 aromatic carbocycles. The number of thiophene rings is 1. The number of nitrogens with zero attached hydrogens (tertiary/aromatic N) is 5. The minimum absolute atomic E-state index is 0.00678. The van der Waals surface area contributed by atoms with Gasteiger partial charge < -0.3 is 0 Å². The summed E-state index contributed by atoms with van der Waals surface area (Å²) in [5.74, 6) is -0.270. The first-order chi connectivity index (χ1) is 20.3. The van der Waals surface area contributed by atoms with Gasteiger partial charge in [0.15, 0.2) is 5.03 Å². The Balaban J connectivity index is 1.39. The molecule has 6 rings (SSSR count). The summed E-state index contributed by atoms with van der Waals surface area (Å²) in [5.41, 5.74) is 0.873. The summed E-state index contributed by atoms with van der Waals surface area (Å²) in [6.45, 7) is 3.53. The van der Waals surface area contributed by atoms with E-state index in [1.54, 1.807) is 36.6 Å². The van der Waals surface area contributed by atoms with Gasteiger partial charge in [0.05, 0.1) is 11.9 Å². The molecule has 15 heteroatoms. The second-order valence-electron chi connectivity index (χ2n) is 10.7. The highest BCUT2D eigenvalue weighted by atomic mass is 35.5. The Kier molecular flexibility index (Phi) is 7.73. The van der Waals surface area contributed by atoms with E-state index < -0.39 is 31.5 Å². The van der Waals surface area contributed by atoms with Crippen molar-refractivity contribution in [3.8, 4) is 0 Å². The first-order valence-electron chi connectivity index (χ1n) is 13.3. The summed E-state index contributed by atoms with van der Waals surface area (Å²) in [6.07, 6.45) is 1.44. The average molecular weight is 681 g/mol. The molecule has 0 spiro atoms. The van der Waals surface area contributed by atoms with Crippen molar-refractivity contribution < 1.29 is 21.6 Å². The fraction of sp³-hybridized carbons (Fsp3) is 0.286. The van der Waals surface area contributed by atoms with Gasteiger partial charge in [-0.1, -0.05) is 59.1 Å². The third kappa shape index (κ3) is 5.20. The van der Waals surface area contributed by atoms with E-state index in [9.17, 15) is 21.6 Å². The minimum Gasteiger partial charge on any atom is -0.284 e. The first-order valence-corrected chi connectivity index (χ1v) is 17.8. The number of carbonyl (C=O) groups excluding carboxylic acids is 1. The lowest BCUT2D eigenvalue weighted by Crippen LogP contribution is -2.51. The van der Waals surface area contributed by atoms with Crippen LogP contribution in [0.4, 0.5) is 11.6 Å². The number of carbonyl (C=O) groups is 1. The molecule has 0 aliphatic carbocycles. The van der Waals surface area contributed by atoms with Gasteiger partial charge in [-0.2, -0.15) is 8.61 Å². The Morgan fingerprint density at radius 3 is 2.09 bits per heavy atom. The molecule has 1 fully saturated rings. The molecule has 0 unspecified atom stereocenters. The van der Waals surface area contributed by atoms with Crippen molar-refractivity contribution in [3.05, 3.63) is 87.3 Å². The molecule has 1 saturated heterocycles. The highest BCUT2D eigenvalue weighted by Crippen LogP contribution is 2.45. The largest absolute Gasteiger partial charge is 0.284 e. The van der Waals surface area contributed by atoms with Crippen LogP contribution in [0.25, 0.3) is 0 Å². The molecule has 1 atom stereocenters. The van der Waals surface area contributed by atoms with Crippen molar-refractivity contribution >= 4 is 72.1 Å². The number of piperazine rings is 1. The Hall–Kier alpha value is -2.78. The number of fused-ring (bicyclic) bond motifs is 1. The Bertz CT molecular complexity index is 1900. The van der Waals surface area contributed by atoms with E-state index >= 15 is 0 Å². The molecule has 1 amide bonds. The van der Waals surface area contributed by atoms with Gasteiger partial charge in [0, 0.05) is 42.6 Å². The topological polar surface area (TPSA) is 113 Å². The maximum atomic E-state index is 14.3. The minimum atomic E-state index is -4.20. The summed E-state index contributed by atoms with van der Waals surface area (Å²) >= 11 is 13.7. The average Bonchev–Trinajstić information content (AvgIpc) is 3.69. The lowest BCUT2D eigenvalue weighted by atomic mass is 9.91. The van der Waals surface area contributed by atoms with Gasteiger partial charge in [-0.25, -0.2) is 26.7 Å². The van der Waals surface area contributed by atoms with Crippen molar-refractivity contribution in [2.45, 2.75) is 35.0 Å². The number of rotatable bonds is 7. The van der Waals surface area contributed by atoms with E-state index in [0.717, 1.165) is 22.5 Å². The van der Waals surface area contributed by atoms with Crippen LogP contribution in [0.1, 0.15) is 18.1 Å². The zero-order valence-electron chi connectivity index (χ0n) is 23.1. The number of amides is 1. The molecule has 2 aromatic heterocycles. The molecule has 4 heterocycles. The SMILES string of the molecule is Cc1ccc(C[C@]2(C)C(=O)N(c3cc(Cl)cc(Cl)c3)c3ncc(S(=O)(=O)N4CCN(S(=O)(=O)c5cccs5)CC4)n32)cc1.